The van der Waals surface area contributed by atoms with Crippen molar-refractivity contribution in [2.75, 3.05) is 6.61 Å². The standard InChI is InChI=1S/C13H27NO/c1-4-13(14,5-2)10-15-12-8-6-7-11(3)9-12/h11-12H,4-10,14H2,1-3H3. The van der Waals surface area contributed by atoms with E-state index < -0.39 is 0 Å². The second-order valence-electron chi connectivity index (χ2n) is 5.27. The summed E-state index contributed by atoms with van der Waals surface area (Å²) in [6.07, 6.45) is 7.63. The van der Waals surface area contributed by atoms with Crippen LogP contribution in [0.15, 0.2) is 0 Å². The van der Waals surface area contributed by atoms with Crippen LogP contribution in [0.3, 0.4) is 0 Å². The molecule has 1 aliphatic carbocycles. The van der Waals surface area contributed by atoms with E-state index in [4.69, 9.17) is 10.5 Å². The normalized spacial score (nSPS) is 28.0. The Morgan fingerprint density at radius 3 is 2.47 bits per heavy atom. The topological polar surface area (TPSA) is 35.2 Å². The van der Waals surface area contributed by atoms with Crippen LogP contribution in [0.1, 0.15) is 59.3 Å². The molecule has 1 aliphatic rings. The van der Waals surface area contributed by atoms with Crippen molar-refractivity contribution in [2.24, 2.45) is 11.7 Å². The van der Waals surface area contributed by atoms with Gasteiger partial charge in [0.1, 0.15) is 0 Å². The highest BCUT2D eigenvalue weighted by Gasteiger charge is 2.25. The van der Waals surface area contributed by atoms with Crippen LogP contribution in [0.4, 0.5) is 0 Å². The molecule has 1 fully saturated rings. The van der Waals surface area contributed by atoms with Gasteiger partial charge in [0, 0.05) is 5.54 Å². The highest BCUT2D eigenvalue weighted by Crippen LogP contribution is 2.26. The molecule has 0 aromatic carbocycles. The van der Waals surface area contributed by atoms with Gasteiger partial charge in [-0.05, 0) is 31.6 Å². The molecule has 0 spiro atoms. The van der Waals surface area contributed by atoms with Gasteiger partial charge in [-0.3, -0.25) is 0 Å². The lowest BCUT2D eigenvalue weighted by Gasteiger charge is -2.32. The van der Waals surface area contributed by atoms with Gasteiger partial charge in [0.15, 0.2) is 0 Å². The Morgan fingerprint density at radius 2 is 1.93 bits per heavy atom. The Balaban J connectivity index is 2.29. The molecule has 0 amide bonds. The van der Waals surface area contributed by atoms with E-state index in [1.807, 2.05) is 0 Å². The van der Waals surface area contributed by atoms with Crippen LogP contribution in [0.5, 0.6) is 0 Å². The summed E-state index contributed by atoms with van der Waals surface area (Å²) >= 11 is 0. The molecule has 2 N–H and O–H groups in total. The van der Waals surface area contributed by atoms with Crippen molar-refractivity contribution in [2.45, 2.75) is 70.9 Å². The Hall–Kier alpha value is -0.0800. The van der Waals surface area contributed by atoms with Crippen molar-refractivity contribution in [3.05, 3.63) is 0 Å². The molecule has 2 unspecified atom stereocenters. The number of hydrogen-bond acceptors (Lipinski definition) is 2. The monoisotopic (exact) mass is 213 g/mol. The quantitative estimate of drug-likeness (QED) is 0.761. The van der Waals surface area contributed by atoms with Gasteiger partial charge < -0.3 is 10.5 Å². The summed E-state index contributed by atoms with van der Waals surface area (Å²) in [5.41, 5.74) is 6.13. The Bertz CT molecular complexity index is 177. The maximum absolute atomic E-state index is 6.22. The molecule has 2 atom stereocenters. The lowest BCUT2D eigenvalue weighted by Crippen LogP contribution is -2.44. The summed E-state index contributed by atoms with van der Waals surface area (Å²) in [6, 6.07) is 0. The molecule has 0 heterocycles. The average molecular weight is 213 g/mol. The molecule has 90 valence electrons. The minimum Gasteiger partial charge on any atom is -0.376 e. The summed E-state index contributed by atoms with van der Waals surface area (Å²) in [5, 5.41) is 0. The number of ether oxygens (including phenoxy) is 1. The molecule has 1 saturated carbocycles. The largest absolute Gasteiger partial charge is 0.376 e. The van der Waals surface area contributed by atoms with Crippen molar-refractivity contribution in [1.29, 1.82) is 0 Å². The van der Waals surface area contributed by atoms with E-state index in [0.29, 0.717) is 6.10 Å². The van der Waals surface area contributed by atoms with Gasteiger partial charge >= 0.3 is 0 Å². The van der Waals surface area contributed by atoms with E-state index in [1.165, 1.54) is 25.7 Å². The molecule has 0 aromatic rings. The fraction of sp³-hybridized carbons (Fsp3) is 1.00. The zero-order chi connectivity index (χ0) is 11.3. The van der Waals surface area contributed by atoms with Crippen molar-refractivity contribution in [3.8, 4) is 0 Å². The smallest absolute Gasteiger partial charge is 0.0649 e. The van der Waals surface area contributed by atoms with Crippen LogP contribution in [-0.4, -0.2) is 18.2 Å². The van der Waals surface area contributed by atoms with Gasteiger partial charge in [0.05, 0.1) is 12.7 Å². The molecule has 0 radical (unpaired) electrons. The molecule has 0 bridgehead atoms. The van der Waals surface area contributed by atoms with Gasteiger partial charge in [-0.1, -0.05) is 33.6 Å². The molecule has 2 heteroatoms. The third-order valence-corrected chi connectivity index (χ3v) is 3.90. The zero-order valence-corrected chi connectivity index (χ0v) is 10.6. The van der Waals surface area contributed by atoms with E-state index >= 15 is 0 Å². The van der Waals surface area contributed by atoms with Crippen molar-refractivity contribution >= 4 is 0 Å². The fourth-order valence-corrected chi connectivity index (χ4v) is 2.27. The van der Waals surface area contributed by atoms with E-state index in [9.17, 15) is 0 Å². The SMILES string of the molecule is CCC(N)(CC)COC1CCCC(C)C1. The van der Waals surface area contributed by atoms with Gasteiger partial charge in [0.25, 0.3) is 0 Å². The molecule has 0 aliphatic heterocycles. The van der Waals surface area contributed by atoms with Gasteiger partial charge in [-0.25, -0.2) is 0 Å². The Kier molecular flexibility index (Phi) is 5.07. The number of nitrogens with two attached hydrogens (primary N) is 1. The highest BCUT2D eigenvalue weighted by molar-refractivity contribution is 4.81. The third kappa shape index (κ3) is 4.12. The number of rotatable bonds is 5. The zero-order valence-electron chi connectivity index (χ0n) is 10.6. The average Bonchev–Trinajstić information content (AvgIpc) is 2.26. The lowest BCUT2D eigenvalue weighted by molar-refractivity contribution is -0.0120. The van der Waals surface area contributed by atoms with E-state index in [2.05, 4.69) is 20.8 Å². The molecule has 0 saturated heterocycles. The van der Waals surface area contributed by atoms with Crippen molar-refractivity contribution in [3.63, 3.8) is 0 Å². The maximum Gasteiger partial charge on any atom is 0.0649 e. The molecular formula is C13H27NO. The van der Waals surface area contributed by atoms with Crippen molar-refractivity contribution < 1.29 is 4.74 Å². The maximum atomic E-state index is 6.22. The Labute approximate surface area is 94.6 Å². The number of hydrogen-bond donors (Lipinski definition) is 1. The minimum atomic E-state index is -0.0965. The van der Waals surface area contributed by atoms with Crippen LogP contribution >= 0.6 is 0 Å². The second kappa shape index (κ2) is 5.86. The van der Waals surface area contributed by atoms with Crippen LogP contribution in [-0.2, 0) is 4.74 Å². The van der Waals surface area contributed by atoms with Crippen LogP contribution in [0.2, 0.25) is 0 Å². The molecule has 2 nitrogen and oxygen atoms in total. The summed E-state index contributed by atoms with van der Waals surface area (Å²) in [6.45, 7) is 7.36. The van der Waals surface area contributed by atoms with E-state index in [0.717, 1.165) is 25.4 Å². The lowest BCUT2D eigenvalue weighted by atomic mass is 9.88. The van der Waals surface area contributed by atoms with Crippen LogP contribution in [0, 0.1) is 5.92 Å². The van der Waals surface area contributed by atoms with E-state index in [1.54, 1.807) is 0 Å². The summed E-state index contributed by atoms with van der Waals surface area (Å²) in [5.74, 6) is 0.833. The first kappa shape index (κ1) is 13.0. The second-order valence-corrected chi connectivity index (χ2v) is 5.27. The molecular weight excluding hydrogens is 186 g/mol. The first-order chi connectivity index (χ1) is 7.09. The van der Waals surface area contributed by atoms with Gasteiger partial charge in [-0.15, -0.1) is 0 Å². The van der Waals surface area contributed by atoms with Gasteiger partial charge in [0.2, 0.25) is 0 Å². The van der Waals surface area contributed by atoms with Crippen molar-refractivity contribution in [1.82, 2.24) is 0 Å². The van der Waals surface area contributed by atoms with Crippen LogP contribution in [0.25, 0.3) is 0 Å². The molecule has 15 heavy (non-hydrogen) atoms. The van der Waals surface area contributed by atoms with Gasteiger partial charge in [-0.2, -0.15) is 0 Å². The summed E-state index contributed by atoms with van der Waals surface area (Å²) in [4.78, 5) is 0. The third-order valence-electron chi connectivity index (χ3n) is 3.90. The van der Waals surface area contributed by atoms with Crippen LogP contribution < -0.4 is 5.73 Å². The molecule has 0 aromatic heterocycles. The minimum absolute atomic E-state index is 0.0965. The summed E-state index contributed by atoms with van der Waals surface area (Å²) in [7, 11) is 0. The summed E-state index contributed by atoms with van der Waals surface area (Å²) < 4.78 is 5.98. The fourth-order valence-electron chi connectivity index (χ4n) is 2.27. The predicted octanol–water partition coefficient (Wildman–Crippen LogP) is 3.10. The predicted molar refractivity (Wildman–Crippen MR) is 64.9 cm³/mol. The Morgan fingerprint density at radius 1 is 1.27 bits per heavy atom. The molecule has 1 rings (SSSR count). The first-order valence-corrected chi connectivity index (χ1v) is 6.50. The van der Waals surface area contributed by atoms with E-state index in [-0.39, 0.29) is 5.54 Å². The first-order valence-electron chi connectivity index (χ1n) is 6.50. The highest BCUT2D eigenvalue weighted by atomic mass is 16.5.